The highest BCUT2D eigenvalue weighted by atomic mass is 35.5. The highest BCUT2D eigenvalue weighted by Crippen LogP contribution is 2.25. The molecule has 1 aliphatic rings. The summed E-state index contributed by atoms with van der Waals surface area (Å²) in [5, 5.41) is 11.2. The van der Waals surface area contributed by atoms with Crippen LogP contribution in [0.25, 0.3) is 11.3 Å². The molecule has 1 amide bonds. The lowest BCUT2D eigenvalue weighted by atomic mass is 10.1. The maximum atomic E-state index is 13.0. The summed E-state index contributed by atoms with van der Waals surface area (Å²) < 4.78 is 13.0. The first kappa shape index (κ1) is 18.5. The smallest absolute Gasteiger partial charge is 0.224 e. The van der Waals surface area contributed by atoms with Gasteiger partial charge in [0.25, 0.3) is 0 Å². The Morgan fingerprint density at radius 1 is 1.21 bits per heavy atom. The van der Waals surface area contributed by atoms with Gasteiger partial charge in [-0.05, 0) is 41.8 Å². The summed E-state index contributed by atoms with van der Waals surface area (Å²) in [5.74, 6) is 0.509. The van der Waals surface area contributed by atoms with E-state index in [9.17, 15) is 9.18 Å². The van der Waals surface area contributed by atoms with Crippen LogP contribution in [-0.4, -0.2) is 35.2 Å². The number of aromatic amines is 1. The van der Waals surface area contributed by atoms with Gasteiger partial charge in [-0.3, -0.25) is 9.89 Å². The number of carbonyl (C=O) groups is 1. The van der Waals surface area contributed by atoms with Gasteiger partial charge >= 0.3 is 0 Å². The molecule has 0 spiro atoms. The van der Waals surface area contributed by atoms with E-state index < -0.39 is 0 Å². The SMILES string of the molecule is O=C(Cc1ccc(F)cc1)N[C@@H]1CCN(c2cc(-c3ccc(Cl)cc3)[nH]n2)C1. The summed E-state index contributed by atoms with van der Waals surface area (Å²) >= 11 is 5.94. The van der Waals surface area contributed by atoms with Crippen molar-refractivity contribution in [2.75, 3.05) is 18.0 Å². The molecule has 3 aromatic rings. The largest absolute Gasteiger partial charge is 0.353 e. The predicted octanol–water partition coefficient (Wildman–Crippen LogP) is 3.81. The Morgan fingerprint density at radius 3 is 2.71 bits per heavy atom. The number of amides is 1. The van der Waals surface area contributed by atoms with Crippen LogP contribution in [0.1, 0.15) is 12.0 Å². The van der Waals surface area contributed by atoms with Crippen molar-refractivity contribution in [2.24, 2.45) is 0 Å². The van der Waals surface area contributed by atoms with Gasteiger partial charge in [-0.1, -0.05) is 35.9 Å². The minimum Gasteiger partial charge on any atom is -0.353 e. The van der Waals surface area contributed by atoms with Gasteiger partial charge in [-0.15, -0.1) is 0 Å². The van der Waals surface area contributed by atoms with Crippen molar-refractivity contribution in [1.29, 1.82) is 0 Å². The van der Waals surface area contributed by atoms with Crippen molar-refractivity contribution in [3.05, 3.63) is 71.0 Å². The summed E-state index contributed by atoms with van der Waals surface area (Å²) in [5.41, 5.74) is 2.75. The third-order valence-corrected chi connectivity index (χ3v) is 5.13. The quantitative estimate of drug-likeness (QED) is 0.687. The van der Waals surface area contributed by atoms with Crippen LogP contribution < -0.4 is 10.2 Å². The van der Waals surface area contributed by atoms with Gasteiger partial charge in [0.2, 0.25) is 5.91 Å². The van der Waals surface area contributed by atoms with Gasteiger partial charge in [0.15, 0.2) is 5.82 Å². The van der Waals surface area contributed by atoms with Crippen LogP contribution >= 0.6 is 11.6 Å². The summed E-state index contributed by atoms with van der Waals surface area (Å²) in [4.78, 5) is 14.4. The van der Waals surface area contributed by atoms with Crippen molar-refractivity contribution >= 4 is 23.3 Å². The van der Waals surface area contributed by atoms with E-state index in [0.717, 1.165) is 35.6 Å². The van der Waals surface area contributed by atoms with Gasteiger partial charge < -0.3 is 10.2 Å². The van der Waals surface area contributed by atoms with E-state index in [2.05, 4.69) is 20.4 Å². The van der Waals surface area contributed by atoms with Crippen LogP contribution in [0.15, 0.2) is 54.6 Å². The summed E-state index contributed by atoms with van der Waals surface area (Å²) in [7, 11) is 0. The molecule has 144 valence electrons. The lowest BCUT2D eigenvalue weighted by Crippen LogP contribution is -2.38. The molecule has 2 aromatic carbocycles. The van der Waals surface area contributed by atoms with E-state index in [1.54, 1.807) is 12.1 Å². The second kappa shape index (κ2) is 8.02. The third kappa shape index (κ3) is 4.34. The molecule has 0 unspecified atom stereocenters. The van der Waals surface area contributed by atoms with Gasteiger partial charge in [0, 0.05) is 30.2 Å². The van der Waals surface area contributed by atoms with Gasteiger partial charge in [0.05, 0.1) is 12.1 Å². The number of rotatable bonds is 5. The van der Waals surface area contributed by atoms with E-state index in [1.165, 1.54) is 12.1 Å². The Kier molecular flexibility index (Phi) is 5.30. The Hall–Kier alpha value is -2.86. The third-order valence-electron chi connectivity index (χ3n) is 4.87. The standard InChI is InChI=1S/C21H20ClFN4O/c22-16-5-3-15(4-6-16)19-12-20(26-25-19)27-10-9-18(13-27)24-21(28)11-14-1-7-17(23)8-2-14/h1-8,12,18H,9-11,13H2,(H,24,28)(H,25,26)/t18-/m1/s1. The molecule has 28 heavy (non-hydrogen) atoms. The van der Waals surface area contributed by atoms with Crippen molar-refractivity contribution in [3.63, 3.8) is 0 Å². The van der Waals surface area contributed by atoms with E-state index in [0.29, 0.717) is 11.6 Å². The monoisotopic (exact) mass is 398 g/mol. The van der Waals surface area contributed by atoms with E-state index in [4.69, 9.17) is 11.6 Å². The normalized spacial score (nSPS) is 16.4. The zero-order valence-corrected chi connectivity index (χ0v) is 15.9. The van der Waals surface area contributed by atoms with E-state index in [1.807, 2.05) is 30.3 Å². The topological polar surface area (TPSA) is 61.0 Å². The minimum atomic E-state index is -0.299. The number of nitrogens with one attached hydrogen (secondary N) is 2. The van der Waals surface area contributed by atoms with Crippen LogP contribution in [0.5, 0.6) is 0 Å². The Balaban J connectivity index is 1.33. The first-order valence-corrected chi connectivity index (χ1v) is 9.55. The summed E-state index contributed by atoms with van der Waals surface area (Å²) in [6.45, 7) is 1.53. The molecule has 5 nitrogen and oxygen atoms in total. The molecule has 0 radical (unpaired) electrons. The average Bonchev–Trinajstić information content (AvgIpc) is 3.34. The number of halogens is 2. The highest BCUT2D eigenvalue weighted by molar-refractivity contribution is 6.30. The van der Waals surface area contributed by atoms with Crippen LogP contribution in [0.4, 0.5) is 10.2 Å². The van der Waals surface area contributed by atoms with Crippen LogP contribution in [0.2, 0.25) is 5.02 Å². The predicted molar refractivity (Wildman–Crippen MR) is 108 cm³/mol. The lowest BCUT2D eigenvalue weighted by molar-refractivity contribution is -0.121. The first-order chi connectivity index (χ1) is 13.6. The lowest BCUT2D eigenvalue weighted by Gasteiger charge is -2.16. The Labute approximate surface area is 167 Å². The Morgan fingerprint density at radius 2 is 1.96 bits per heavy atom. The van der Waals surface area contributed by atoms with Crippen molar-refractivity contribution in [2.45, 2.75) is 18.9 Å². The van der Waals surface area contributed by atoms with Crippen LogP contribution in [0.3, 0.4) is 0 Å². The van der Waals surface area contributed by atoms with Gasteiger partial charge in [-0.25, -0.2) is 4.39 Å². The fourth-order valence-corrected chi connectivity index (χ4v) is 3.53. The molecule has 2 N–H and O–H groups in total. The van der Waals surface area contributed by atoms with Crippen LogP contribution in [0, 0.1) is 5.82 Å². The fourth-order valence-electron chi connectivity index (χ4n) is 3.40. The van der Waals surface area contributed by atoms with Crippen LogP contribution in [-0.2, 0) is 11.2 Å². The second-order valence-corrected chi connectivity index (χ2v) is 7.39. The number of benzene rings is 2. The van der Waals surface area contributed by atoms with Crippen molar-refractivity contribution in [1.82, 2.24) is 15.5 Å². The maximum Gasteiger partial charge on any atom is 0.224 e. The number of nitrogens with zero attached hydrogens (tertiary/aromatic N) is 2. The fraction of sp³-hybridized carbons (Fsp3) is 0.238. The molecular formula is C21H20ClFN4O. The second-order valence-electron chi connectivity index (χ2n) is 6.95. The van der Waals surface area contributed by atoms with Gasteiger partial charge in [0.1, 0.15) is 5.82 Å². The molecule has 1 fully saturated rings. The molecule has 1 aliphatic heterocycles. The zero-order chi connectivity index (χ0) is 19.5. The molecule has 0 bridgehead atoms. The average molecular weight is 399 g/mol. The van der Waals surface area contributed by atoms with Crippen molar-refractivity contribution in [3.8, 4) is 11.3 Å². The maximum absolute atomic E-state index is 13.0. The molecule has 0 aliphatic carbocycles. The number of carbonyl (C=O) groups excluding carboxylic acids is 1. The molecule has 0 saturated carbocycles. The summed E-state index contributed by atoms with van der Waals surface area (Å²) in [6.07, 6.45) is 1.11. The number of H-pyrrole nitrogens is 1. The molecule has 4 rings (SSSR count). The van der Waals surface area contributed by atoms with Gasteiger partial charge in [-0.2, -0.15) is 5.10 Å². The number of hydrogen-bond acceptors (Lipinski definition) is 3. The number of aromatic nitrogens is 2. The zero-order valence-electron chi connectivity index (χ0n) is 15.2. The number of anilines is 1. The molecule has 7 heteroatoms. The molecule has 1 aromatic heterocycles. The Bertz CT molecular complexity index is 955. The molecule has 2 heterocycles. The van der Waals surface area contributed by atoms with E-state index >= 15 is 0 Å². The van der Waals surface area contributed by atoms with E-state index in [-0.39, 0.29) is 24.2 Å². The minimum absolute atomic E-state index is 0.0534. The first-order valence-electron chi connectivity index (χ1n) is 9.17. The molecule has 1 saturated heterocycles. The molecular weight excluding hydrogens is 379 g/mol. The van der Waals surface area contributed by atoms with Crippen molar-refractivity contribution < 1.29 is 9.18 Å². The summed E-state index contributed by atoms with van der Waals surface area (Å²) in [6, 6.07) is 15.7. The molecule has 1 atom stereocenters. The highest BCUT2D eigenvalue weighted by Gasteiger charge is 2.25. The number of hydrogen-bond donors (Lipinski definition) is 2.